The van der Waals surface area contributed by atoms with E-state index in [2.05, 4.69) is 9.97 Å². The zero-order valence-corrected chi connectivity index (χ0v) is 10.6. The number of benzene rings is 1. The predicted octanol–water partition coefficient (Wildman–Crippen LogP) is 3.60. The lowest BCUT2D eigenvalue weighted by Crippen LogP contribution is -2.17. The summed E-state index contributed by atoms with van der Waals surface area (Å²) in [7, 11) is 0. The highest BCUT2D eigenvalue weighted by atomic mass is 19.4. The fraction of sp³-hybridized carbons (Fsp3) is 0.429. The van der Waals surface area contributed by atoms with Crippen LogP contribution in [0.25, 0.3) is 10.9 Å². The first kappa shape index (κ1) is 13.1. The molecule has 0 bridgehead atoms. The molecule has 0 amide bonds. The SMILES string of the molecule is O=c1nc2c(C(F)(F)F)cccc2c(C2CCCC2)[nH]1. The summed E-state index contributed by atoms with van der Waals surface area (Å²) in [5.74, 6) is 0.122. The molecule has 1 N–H and O–H groups in total. The highest BCUT2D eigenvalue weighted by Crippen LogP contribution is 2.38. The van der Waals surface area contributed by atoms with Gasteiger partial charge in [0.2, 0.25) is 0 Å². The molecule has 6 heteroatoms. The van der Waals surface area contributed by atoms with E-state index in [1.54, 1.807) is 6.07 Å². The number of H-pyrrole nitrogens is 1. The maximum atomic E-state index is 13.0. The van der Waals surface area contributed by atoms with Gasteiger partial charge in [-0.1, -0.05) is 25.0 Å². The Morgan fingerprint density at radius 3 is 2.55 bits per heavy atom. The van der Waals surface area contributed by atoms with Crippen molar-refractivity contribution < 1.29 is 13.2 Å². The fourth-order valence-electron chi connectivity index (χ4n) is 2.96. The molecule has 20 heavy (non-hydrogen) atoms. The van der Waals surface area contributed by atoms with Crippen LogP contribution in [-0.4, -0.2) is 9.97 Å². The van der Waals surface area contributed by atoms with E-state index in [4.69, 9.17) is 0 Å². The third kappa shape index (κ3) is 2.19. The van der Waals surface area contributed by atoms with Crippen LogP contribution in [0.2, 0.25) is 0 Å². The number of para-hydroxylation sites is 1. The molecular formula is C14H13F3N2O. The highest BCUT2D eigenvalue weighted by molar-refractivity contribution is 5.84. The second-order valence-corrected chi connectivity index (χ2v) is 5.14. The monoisotopic (exact) mass is 282 g/mol. The summed E-state index contributed by atoms with van der Waals surface area (Å²) in [5.41, 5.74) is -1.20. The standard InChI is InChI=1S/C14H13F3N2O/c15-14(16,17)10-7-3-6-9-11(8-4-1-2-5-8)18-13(20)19-12(9)10/h3,6-8H,1-2,4-5H2,(H,18,19,20). The molecule has 0 spiro atoms. The molecule has 1 saturated carbocycles. The molecule has 1 aliphatic rings. The van der Waals surface area contributed by atoms with E-state index in [0.29, 0.717) is 11.1 Å². The minimum absolute atomic E-state index is 0.122. The molecule has 0 aliphatic heterocycles. The van der Waals surface area contributed by atoms with E-state index in [0.717, 1.165) is 31.7 Å². The number of hydrogen-bond acceptors (Lipinski definition) is 2. The molecule has 1 heterocycles. The Kier molecular flexibility index (Phi) is 3.03. The number of hydrogen-bond donors (Lipinski definition) is 1. The van der Waals surface area contributed by atoms with E-state index < -0.39 is 17.4 Å². The molecule has 1 aromatic heterocycles. The lowest BCUT2D eigenvalue weighted by Gasteiger charge is -2.14. The minimum Gasteiger partial charge on any atom is -0.309 e. The van der Waals surface area contributed by atoms with Crippen molar-refractivity contribution in [1.82, 2.24) is 9.97 Å². The van der Waals surface area contributed by atoms with Crippen LogP contribution in [0.1, 0.15) is 42.9 Å². The Bertz CT molecular complexity index is 700. The minimum atomic E-state index is -4.51. The Labute approximate surface area is 112 Å². The molecule has 3 rings (SSSR count). The maximum Gasteiger partial charge on any atom is 0.418 e. The lowest BCUT2D eigenvalue weighted by atomic mass is 9.98. The Morgan fingerprint density at radius 1 is 1.20 bits per heavy atom. The topological polar surface area (TPSA) is 45.8 Å². The van der Waals surface area contributed by atoms with E-state index >= 15 is 0 Å². The predicted molar refractivity (Wildman–Crippen MR) is 68.6 cm³/mol. The summed E-state index contributed by atoms with van der Waals surface area (Å²) < 4.78 is 39.0. The van der Waals surface area contributed by atoms with Gasteiger partial charge in [0.25, 0.3) is 0 Å². The molecule has 0 saturated heterocycles. The van der Waals surface area contributed by atoms with Gasteiger partial charge in [0.05, 0.1) is 11.1 Å². The van der Waals surface area contributed by atoms with Gasteiger partial charge in [-0.15, -0.1) is 0 Å². The van der Waals surface area contributed by atoms with Crippen LogP contribution in [0.3, 0.4) is 0 Å². The molecule has 1 fully saturated rings. The van der Waals surface area contributed by atoms with Crippen molar-refractivity contribution in [3.8, 4) is 0 Å². The quantitative estimate of drug-likeness (QED) is 0.868. The molecule has 106 valence electrons. The summed E-state index contributed by atoms with van der Waals surface area (Å²) in [6.45, 7) is 0. The number of aromatic nitrogens is 2. The zero-order chi connectivity index (χ0) is 14.3. The molecule has 0 atom stereocenters. The summed E-state index contributed by atoms with van der Waals surface area (Å²) in [4.78, 5) is 17.8. The number of aromatic amines is 1. The highest BCUT2D eigenvalue weighted by Gasteiger charge is 2.34. The van der Waals surface area contributed by atoms with Gasteiger partial charge in [0.1, 0.15) is 0 Å². The van der Waals surface area contributed by atoms with E-state index in [1.807, 2.05) is 0 Å². The number of rotatable bonds is 1. The summed E-state index contributed by atoms with van der Waals surface area (Å²) in [6.07, 6.45) is -0.644. The van der Waals surface area contributed by atoms with Gasteiger partial charge in [-0.2, -0.15) is 18.2 Å². The Hall–Kier alpha value is -1.85. The van der Waals surface area contributed by atoms with Crippen LogP contribution in [-0.2, 0) is 6.18 Å². The normalized spacial score (nSPS) is 16.9. The van der Waals surface area contributed by atoms with Crippen LogP contribution in [0.15, 0.2) is 23.0 Å². The summed E-state index contributed by atoms with van der Waals surface area (Å²) >= 11 is 0. The van der Waals surface area contributed by atoms with Crippen LogP contribution in [0.4, 0.5) is 13.2 Å². The van der Waals surface area contributed by atoms with Crippen LogP contribution in [0.5, 0.6) is 0 Å². The second-order valence-electron chi connectivity index (χ2n) is 5.14. The Morgan fingerprint density at radius 2 is 1.90 bits per heavy atom. The first-order valence-corrected chi connectivity index (χ1v) is 6.57. The molecule has 0 unspecified atom stereocenters. The molecule has 0 radical (unpaired) electrons. The maximum absolute atomic E-state index is 13.0. The van der Waals surface area contributed by atoms with E-state index in [1.165, 1.54) is 6.07 Å². The van der Waals surface area contributed by atoms with Crippen LogP contribution < -0.4 is 5.69 Å². The molecule has 1 aliphatic carbocycles. The van der Waals surface area contributed by atoms with Crippen molar-refractivity contribution in [2.45, 2.75) is 37.8 Å². The van der Waals surface area contributed by atoms with E-state index in [9.17, 15) is 18.0 Å². The van der Waals surface area contributed by atoms with Crippen molar-refractivity contribution in [3.63, 3.8) is 0 Å². The number of alkyl halides is 3. The van der Waals surface area contributed by atoms with Crippen molar-refractivity contribution in [2.75, 3.05) is 0 Å². The third-order valence-electron chi connectivity index (χ3n) is 3.85. The number of nitrogens with zero attached hydrogens (tertiary/aromatic N) is 1. The van der Waals surface area contributed by atoms with E-state index in [-0.39, 0.29) is 11.4 Å². The van der Waals surface area contributed by atoms with Gasteiger partial charge in [-0.25, -0.2) is 4.79 Å². The van der Waals surface area contributed by atoms with Gasteiger partial charge in [-0.05, 0) is 24.8 Å². The van der Waals surface area contributed by atoms with Crippen molar-refractivity contribution in [3.05, 3.63) is 39.9 Å². The number of nitrogens with one attached hydrogen (secondary N) is 1. The molecular weight excluding hydrogens is 269 g/mol. The fourth-order valence-corrected chi connectivity index (χ4v) is 2.96. The van der Waals surface area contributed by atoms with Gasteiger partial charge in [-0.3, -0.25) is 0 Å². The first-order chi connectivity index (χ1) is 9.47. The Balaban J connectivity index is 2.30. The smallest absolute Gasteiger partial charge is 0.309 e. The molecule has 2 aromatic rings. The summed E-state index contributed by atoms with van der Waals surface area (Å²) in [6, 6.07) is 3.93. The van der Waals surface area contributed by atoms with Crippen molar-refractivity contribution in [1.29, 1.82) is 0 Å². The first-order valence-electron chi connectivity index (χ1n) is 6.57. The average Bonchev–Trinajstić information content (AvgIpc) is 2.89. The van der Waals surface area contributed by atoms with Crippen LogP contribution in [0, 0.1) is 0 Å². The van der Waals surface area contributed by atoms with Gasteiger partial charge in [0.15, 0.2) is 0 Å². The number of fused-ring (bicyclic) bond motifs is 1. The molecule has 1 aromatic carbocycles. The molecule has 3 nitrogen and oxygen atoms in total. The van der Waals surface area contributed by atoms with Crippen molar-refractivity contribution in [2.24, 2.45) is 0 Å². The zero-order valence-electron chi connectivity index (χ0n) is 10.6. The third-order valence-corrected chi connectivity index (χ3v) is 3.85. The van der Waals surface area contributed by atoms with Gasteiger partial charge >= 0.3 is 11.9 Å². The lowest BCUT2D eigenvalue weighted by molar-refractivity contribution is -0.136. The summed E-state index contributed by atoms with van der Waals surface area (Å²) in [5, 5.41) is 0.409. The van der Waals surface area contributed by atoms with Gasteiger partial charge in [0, 0.05) is 11.1 Å². The van der Waals surface area contributed by atoms with Gasteiger partial charge < -0.3 is 4.98 Å². The second kappa shape index (κ2) is 4.61. The number of halogens is 3. The average molecular weight is 282 g/mol. The van der Waals surface area contributed by atoms with Crippen molar-refractivity contribution >= 4 is 10.9 Å². The largest absolute Gasteiger partial charge is 0.418 e. The van der Waals surface area contributed by atoms with Crippen LogP contribution >= 0.6 is 0 Å².